The highest BCUT2D eigenvalue weighted by Gasteiger charge is 2.45. The van der Waals surface area contributed by atoms with Crippen LogP contribution >= 0.6 is 0 Å². The number of nitrogens with zero attached hydrogens (tertiary/aromatic N) is 1. The summed E-state index contributed by atoms with van der Waals surface area (Å²) in [5.74, 6) is -0.607. The molecule has 3 rings (SSSR count). The van der Waals surface area contributed by atoms with Crippen molar-refractivity contribution in [3.05, 3.63) is 103 Å². The number of amides is 1. The highest BCUT2D eigenvalue weighted by molar-refractivity contribution is 7.92. The van der Waals surface area contributed by atoms with Crippen LogP contribution in [0.3, 0.4) is 0 Å². The Morgan fingerprint density at radius 2 is 1.60 bits per heavy atom. The molecule has 2 aromatic rings. The van der Waals surface area contributed by atoms with E-state index in [0.29, 0.717) is 31.2 Å². The molecule has 1 aliphatic rings. The van der Waals surface area contributed by atoms with E-state index in [1.807, 2.05) is 59.8 Å². The maximum Gasteiger partial charge on any atom is 0.413 e. The maximum atomic E-state index is 14.6. The normalized spacial score (nSPS) is 18.5. The minimum absolute atomic E-state index is 0.0332. The molecule has 1 heterocycles. The van der Waals surface area contributed by atoms with Crippen molar-refractivity contribution in [1.29, 1.82) is 0 Å². The number of hydrogen-bond donors (Lipinski definition) is 0. The first-order valence-corrected chi connectivity index (χ1v) is 23.8. The third-order valence-electron chi connectivity index (χ3n) is 10.2. The van der Waals surface area contributed by atoms with Gasteiger partial charge in [-0.05, 0) is 116 Å². The number of ether oxygens (including phenoxy) is 3. The van der Waals surface area contributed by atoms with Gasteiger partial charge in [0.05, 0.1) is 23.1 Å². The average molecular weight is 796 g/mol. The zero-order valence-electron chi connectivity index (χ0n) is 35.0. The van der Waals surface area contributed by atoms with Crippen LogP contribution in [0.4, 0.5) is 4.79 Å². The van der Waals surface area contributed by atoms with Crippen molar-refractivity contribution in [3.8, 4) is 0 Å². The van der Waals surface area contributed by atoms with Crippen LogP contribution in [0.15, 0.2) is 102 Å². The second-order valence-corrected chi connectivity index (χ2v) is 24.3. The van der Waals surface area contributed by atoms with E-state index in [2.05, 4.69) is 40.4 Å². The van der Waals surface area contributed by atoms with Gasteiger partial charge in [-0.1, -0.05) is 87.0 Å². The molecule has 0 saturated carbocycles. The Bertz CT molecular complexity index is 1740. The summed E-state index contributed by atoms with van der Waals surface area (Å²) < 4.78 is 53.7. The molecule has 55 heavy (non-hydrogen) atoms. The predicted molar refractivity (Wildman–Crippen MR) is 223 cm³/mol. The van der Waals surface area contributed by atoms with Crippen molar-refractivity contribution in [2.24, 2.45) is 0 Å². The molecule has 0 radical (unpaired) electrons. The van der Waals surface area contributed by atoms with Crippen molar-refractivity contribution < 1.29 is 36.6 Å². The summed E-state index contributed by atoms with van der Waals surface area (Å²) in [5, 5.41) is -1.15. The van der Waals surface area contributed by atoms with Crippen LogP contribution in [0.1, 0.15) is 105 Å². The van der Waals surface area contributed by atoms with Gasteiger partial charge in [-0.3, -0.25) is 4.90 Å². The molecular weight excluding hydrogens is 731 g/mol. The SMILES string of the molecule is C=CC[C@@H](CC/C(C)=C/C(C(CC/C=C\[C@@H]1COC(C)(C)N1C(=O)OC(C)(C)C)OC(=O)c1ccccc1)S(=O)(=O)c1ccccc1)O[Si](C)(C)C(C)(C)C. The molecule has 0 N–H and O–H groups in total. The second-order valence-electron chi connectivity index (χ2n) is 17.4. The molecule has 0 aliphatic carbocycles. The smallest absolute Gasteiger partial charge is 0.413 e. The lowest BCUT2D eigenvalue weighted by Gasteiger charge is -2.39. The summed E-state index contributed by atoms with van der Waals surface area (Å²) in [6.45, 7) is 26.3. The first-order valence-electron chi connectivity index (χ1n) is 19.3. The molecule has 9 nitrogen and oxygen atoms in total. The quantitative estimate of drug-likeness (QED) is 0.0885. The van der Waals surface area contributed by atoms with E-state index >= 15 is 0 Å². The molecule has 2 aromatic carbocycles. The number of carbonyl (C=O) groups excluding carboxylic acids is 2. The lowest BCUT2D eigenvalue weighted by Crippen LogP contribution is -2.49. The van der Waals surface area contributed by atoms with Gasteiger partial charge in [0.25, 0.3) is 0 Å². The van der Waals surface area contributed by atoms with Gasteiger partial charge >= 0.3 is 12.1 Å². The molecule has 304 valence electrons. The largest absolute Gasteiger partial charge is 0.457 e. The van der Waals surface area contributed by atoms with Gasteiger partial charge in [0.15, 0.2) is 18.2 Å². The van der Waals surface area contributed by atoms with Crippen molar-refractivity contribution >= 4 is 30.2 Å². The van der Waals surface area contributed by atoms with E-state index in [4.69, 9.17) is 18.6 Å². The van der Waals surface area contributed by atoms with Crippen molar-refractivity contribution in [1.82, 2.24) is 4.90 Å². The number of hydrogen-bond acceptors (Lipinski definition) is 8. The highest BCUT2D eigenvalue weighted by Crippen LogP contribution is 2.38. The Balaban J connectivity index is 1.99. The number of rotatable bonds is 17. The Morgan fingerprint density at radius 1 is 1.00 bits per heavy atom. The van der Waals surface area contributed by atoms with E-state index < -0.39 is 58.9 Å². The third kappa shape index (κ3) is 13.3. The van der Waals surface area contributed by atoms with E-state index in [-0.39, 0.29) is 29.1 Å². The minimum atomic E-state index is -4.03. The fourth-order valence-electron chi connectivity index (χ4n) is 6.15. The summed E-state index contributed by atoms with van der Waals surface area (Å²) in [6.07, 6.45) is 8.32. The summed E-state index contributed by atoms with van der Waals surface area (Å²) in [4.78, 5) is 28.5. The zero-order valence-corrected chi connectivity index (χ0v) is 36.8. The molecule has 1 fully saturated rings. The van der Waals surface area contributed by atoms with Crippen LogP contribution in [-0.4, -0.2) is 75.1 Å². The molecule has 0 spiro atoms. The number of carbonyl (C=O) groups is 2. The van der Waals surface area contributed by atoms with Gasteiger partial charge in [0.1, 0.15) is 22.7 Å². The topological polar surface area (TPSA) is 108 Å². The van der Waals surface area contributed by atoms with Gasteiger partial charge in [0.2, 0.25) is 0 Å². The fraction of sp³-hybridized carbons (Fsp3) is 0.545. The van der Waals surface area contributed by atoms with Crippen LogP contribution in [0.25, 0.3) is 0 Å². The standard InChI is InChI=1S/C44H65NO8SSi/c1-13-22-36(53-55(11,12)43(6,7)8)30-29-33(2)31-39(54(48,49)37-26-18-15-19-27-37)38(51-40(46)34-23-16-14-17-24-34)28-21-20-25-35-32-50-44(9,10)45(35)41(47)52-42(3,4)5/h13-20,23-27,31,35-36,38-39H,1,21-22,28-30,32H2,2-12H3/b25-20-,33-31+/t35-,36+,38?,39?/m1/s1. The van der Waals surface area contributed by atoms with Gasteiger partial charge < -0.3 is 18.6 Å². The number of esters is 1. The average Bonchev–Trinajstić information content (AvgIpc) is 3.40. The van der Waals surface area contributed by atoms with Crippen LogP contribution < -0.4 is 0 Å². The van der Waals surface area contributed by atoms with Crippen LogP contribution in [0, 0.1) is 0 Å². The molecule has 4 atom stereocenters. The Morgan fingerprint density at radius 3 is 2.16 bits per heavy atom. The van der Waals surface area contributed by atoms with E-state index in [9.17, 15) is 18.0 Å². The highest BCUT2D eigenvalue weighted by atomic mass is 32.2. The fourth-order valence-corrected chi connectivity index (χ4v) is 9.40. The monoisotopic (exact) mass is 795 g/mol. The third-order valence-corrected chi connectivity index (χ3v) is 16.8. The molecule has 0 bridgehead atoms. The minimum Gasteiger partial charge on any atom is -0.457 e. The molecule has 1 amide bonds. The first kappa shape index (κ1) is 45.9. The molecular formula is C44H65NO8SSi. The van der Waals surface area contributed by atoms with Gasteiger partial charge in [-0.15, -0.1) is 6.58 Å². The molecule has 2 unspecified atom stereocenters. The van der Waals surface area contributed by atoms with Gasteiger partial charge in [-0.2, -0.15) is 0 Å². The number of benzene rings is 2. The molecule has 1 saturated heterocycles. The summed E-state index contributed by atoms with van der Waals surface area (Å²) in [7, 11) is -6.11. The van der Waals surface area contributed by atoms with Crippen molar-refractivity contribution in [2.45, 2.75) is 152 Å². The Hall–Kier alpha value is -3.51. The molecule has 0 aromatic heterocycles. The summed E-state index contributed by atoms with van der Waals surface area (Å²) in [6, 6.07) is 16.5. The first-order chi connectivity index (χ1) is 25.5. The van der Waals surface area contributed by atoms with Crippen molar-refractivity contribution in [2.75, 3.05) is 6.61 Å². The van der Waals surface area contributed by atoms with E-state index in [0.717, 1.165) is 5.57 Å². The zero-order chi connectivity index (χ0) is 41.2. The maximum absolute atomic E-state index is 14.6. The van der Waals surface area contributed by atoms with Crippen LogP contribution in [0.5, 0.6) is 0 Å². The lowest BCUT2D eigenvalue weighted by atomic mass is 10.0. The predicted octanol–water partition coefficient (Wildman–Crippen LogP) is 10.5. The van der Waals surface area contributed by atoms with Crippen LogP contribution in [-0.2, 0) is 28.5 Å². The van der Waals surface area contributed by atoms with E-state index in [1.54, 1.807) is 71.6 Å². The molecule has 1 aliphatic heterocycles. The number of allylic oxidation sites excluding steroid dienone is 2. The summed E-state index contributed by atoms with van der Waals surface area (Å²) >= 11 is 0. The Labute approximate surface area is 332 Å². The lowest BCUT2D eigenvalue weighted by molar-refractivity contribution is -0.0610. The Kier molecular flexibility index (Phi) is 15.9. The number of sulfone groups is 1. The second kappa shape index (κ2) is 19.1. The van der Waals surface area contributed by atoms with Crippen LogP contribution in [0.2, 0.25) is 18.1 Å². The van der Waals surface area contributed by atoms with E-state index in [1.165, 1.54) is 0 Å². The van der Waals surface area contributed by atoms with Gasteiger partial charge in [-0.25, -0.2) is 18.0 Å². The van der Waals surface area contributed by atoms with Crippen molar-refractivity contribution in [3.63, 3.8) is 0 Å². The van der Waals surface area contributed by atoms with Gasteiger partial charge in [0, 0.05) is 6.10 Å². The molecule has 11 heteroatoms. The summed E-state index contributed by atoms with van der Waals surface area (Å²) in [5.41, 5.74) is -0.391.